The van der Waals surface area contributed by atoms with Crippen LogP contribution in [-0.2, 0) is 9.53 Å². The molecule has 0 spiro atoms. The predicted molar refractivity (Wildman–Crippen MR) is 80.5 cm³/mol. The Morgan fingerprint density at radius 3 is 2.30 bits per heavy atom. The summed E-state index contributed by atoms with van der Waals surface area (Å²) in [6, 6.07) is 0. The largest absolute Gasteiger partial charge is 0.376 e. The molecule has 2 fully saturated rings. The van der Waals surface area contributed by atoms with Gasteiger partial charge in [0.05, 0.1) is 18.2 Å². The van der Waals surface area contributed by atoms with Gasteiger partial charge in [0, 0.05) is 6.54 Å². The third-order valence-electron chi connectivity index (χ3n) is 4.74. The Hall–Kier alpha value is -0.610. The van der Waals surface area contributed by atoms with Crippen LogP contribution in [0.3, 0.4) is 0 Å². The maximum Gasteiger partial charge on any atom is 0.240 e. The van der Waals surface area contributed by atoms with Crippen molar-refractivity contribution in [1.82, 2.24) is 5.32 Å². The molecule has 1 amide bonds. The van der Waals surface area contributed by atoms with Gasteiger partial charge in [-0.2, -0.15) is 0 Å². The molecule has 0 bridgehead atoms. The molecule has 0 atom stereocenters. The van der Waals surface area contributed by atoms with Gasteiger partial charge in [-0.05, 0) is 25.7 Å². The van der Waals surface area contributed by atoms with Gasteiger partial charge in [-0.25, -0.2) is 0 Å². The van der Waals surface area contributed by atoms with Crippen LogP contribution in [0, 0.1) is 0 Å². The molecular weight excluding hydrogens is 252 g/mol. The van der Waals surface area contributed by atoms with Gasteiger partial charge in [-0.3, -0.25) is 4.79 Å². The minimum absolute atomic E-state index is 0.0154. The van der Waals surface area contributed by atoms with Crippen LogP contribution < -0.4 is 11.1 Å². The summed E-state index contributed by atoms with van der Waals surface area (Å²) >= 11 is 0. The number of nitrogens with one attached hydrogen (secondary N) is 1. The van der Waals surface area contributed by atoms with Crippen LogP contribution in [0.2, 0.25) is 0 Å². The minimum atomic E-state index is -0.624. The molecule has 4 nitrogen and oxygen atoms in total. The van der Waals surface area contributed by atoms with E-state index in [-0.39, 0.29) is 5.91 Å². The third-order valence-corrected chi connectivity index (χ3v) is 4.74. The van der Waals surface area contributed by atoms with Gasteiger partial charge in [0.2, 0.25) is 5.91 Å². The van der Waals surface area contributed by atoms with E-state index in [9.17, 15) is 4.79 Å². The van der Waals surface area contributed by atoms with E-state index in [1.54, 1.807) is 0 Å². The maximum atomic E-state index is 12.1. The first-order valence-corrected chi connectivity index (χ1v) is 8.39. The number of carbonyl (C=O) groups is 1. The highest BCUT2D eigenvalue weighted by atomic mass is 16.5. The Bertz CT molecular complexity index is 293. The summed E-state index contributed by atoms with van der Waals surface area (Å²) < 4.78 is 5.88. The molecule has 0 heterocycles. The number of nitrogens with two attached hydrogens (primary N) is 1. The normalized spacial score (nSPS) is 24.1. The van der Waals surface area contributed by atoms with Crippen LogP contribution >= 0.6 is 0 Å². The van der Waals surface area contributed by atoms with Crippen LogP contribution in [0.25, 0.3) is 0 Å². The number of hydrogen-bond donors (Lipinski definition) is 2. The molecule has 0 unspecified atom stereocenters. The molecule has 0 aromatic carbocycles. The number of amides is 1. The van der Waals surface area contributed by atoms with E-state index in [0.717, 1.165) is 25.7 Å². The molecule has 0 aromatic heterocycles. The molecule has 116 valence electrons. The number of ether oxygens (including phenoxy) is 1. The lowest BCUT2D eigenvalue weighted by Crippen LogP contribution is -2.55. The maximum absolute atomic E-state index is 12.1. The Balaban J connectivity index is 1.61. The highest BCUT2D eigenvalue weighted by Crippen LogP contribution is 2.25. The fraction of sp³-hybridized carbons (Fsp3) is 0.938. The van der Waals surface area contributed by atoms with Crippen molar-refractivity contribution in [1.29, 1.82) is 0 Å². The summed E-state index contributed by atoms with van der Waals surface area (Å²) in [5, 5.41) is 2.96. The molecule has 2 saturated carbocycles. The SMILES string of the molecule is NC1(C(=O)NCCOC2CCCCCC2)CCCCC1. The fourth-order valence-electron chi connectivity index (χ4n) is 3.38. The van der Waals surface area contributed by atoms with Crippen molar-refractivity contribution in [2.24, 2.45) is 5.73 Å². The first kappa shape index (κ1) is 15.8. The third kappa shape index (κ3) is 4.74. The van der Waals surface area contributed by atoms with Gasteiger partial charge >= 0.3 is 0 Å². The Morgan fingerprint density at radius 2 is 1.65 bits per heavy atom. The smallest absolute Gasteiger partial charge is 0.240 e. The molecule has 2 aliphatic rings. The van der Waals surface area contributed by atoms with Gasteiger partial charge in [-0.1, -0.05) is 44.9 Å². The van der Waals surface area contributed by atoms with Crippen molar-refractivity contribution in [3.63, 3.8) is 0 Å². The van der Waals surface area contributed by atoms with Crippen LogP contribution in [0.5, 0.6) is 0 Å². The van der Waals surface area contributed by atoms with Gasteiger partial charge in [-0.15, -0.1) is 0 Å². The van der Waals surface area contributed by atoms with Crippen LogP contribution in [-0.4, -0.2) is 30.7 Å². The van der Waals surface area contributed by atoms with Crippen molar-refractivity contribution in [2.75, 3.05) is 13.2 Å². The lowest BCUT2D eigenvalue weighted by molar-refractivity contribution is -0.127. The van der Waals surface area contributed by atoms with Crippen molar-refractivity contribution in [3.05, 3.63) is 0 Å². The second-order valence-corrected chi connectivity index (χ2v) is 6.46. The monoisotopic (exact) mass is 282 g/mol. The summed E-state index contributed by atoms with van der Waals surface area (Å²) in [6.45, 7) is 1.21. The average molecular weight is 282 g/mol. The van der Waals surface area contributed by atoms with Crippen molar-refractivity contribution in [3.8, 4) is 0 Å². The van der Waals surface area contributed by atoms with Crippen LogP contribution in [0.1, 0.15) is 70.6 Å². The molecule has 2 rings (SSSR count). The van der Waals surface area contributed by atoms with Crippen molar-refractivity contribution in [2.45, 2.75) is 82.3 Å². The van der Waals surface area contributed by atoms with E-state index in [1.165, 1.54) is 44.9 Å². The van der Waals surface area contributed by atoms with Gasteiger partial charge < -0.3 is 15.8 Å². The van der Waals surface area contributed by atoms with Crippen molar-refractivity contribution >= 4 is 5.91 Å². The van der Waals surface area contributed by atoms with Gasteiger partial charge in [0.15, 0.2) is 0 Å². The molecule has 2 aliphatic carbocycles. The molecule has 3 N–H and O–H groups in total. The highest BCUT2D eigenvalue weighted by Gasteiger charge is 2.34. The molecule has 4 heteroatoms. The van der Waals surface area contributed by atoms with E-state index in [0.29, 0.717) is 19.3 Å². The lowest BCUT2D eigenvalue weighted by Gasteiger charge is -2.31. The second-order valence-electron chi connectivity index (χ2n) is 6.46. The summed E-state index contributed by atoms with van der Waals surface area (Å²) in [6.07, 6.45) is 13.0. The van der Waals surface area contributed by atoms with Gasteiger partial charge in [0.25, 0.3) is 0 Å². The Morgan fingerprint density at radius 1 is 1.05 bits per heavy atom. The van der Waals surface area contributed by atoms with E-state index >= 15 is 0 Å². The zero-order valence-electron chi connectivity index (χ0n) is 12.7. The van der Waals surface area contributed by atoms with Crippen molar-refractivity contribution < 1.29 is 9.53 Å². The topological polar surface area (TPSA) is 64.4 Å². The quantitative estimate of drug-likeness (QED) is 0.601. The number of rotatable bonds is 5. The number of hydrogen-bond acceptors (Lipinski definition) is 3. The summed E-state index contributed by atoms with van der Waals surface area (Å²) in [5.41, 5.74) is 5.57. The van der Waals surface area contributed by atoms with E-state index < -0.39 is 5.54 Å². The molecular formula is C16H30N2O2. The Kier molecular flexibility index (Phi) is 6.30. The first-order chi connectivity index (χ1) is 9.71. The summed E-state index contributed by atoms with van der Waals surface area (Å²) in [4.78, 5) is 12.1. The van der Waals surface area contributed by atoms with E-state index in [4.69, 9.17) is 10.5 Å². The fourth-order valence-corrected chi connectivity index (χ4v) is 3.38. The standard InChI is InChI=1S/C16H30N2O2/c17-16(10-6-3-7-11-16)15(19)18-12-13-20-14-8-4-1-2-5-9-14/h14H,1-13,17H2,(H,18,19). The molecule has 0 saturated heterocycles. The zero-order chi connectivity index (χ0) is 14.3. The zero-order valence-corrected chi connectivity index (χ0v) is 12.7. The molecule has 0 aromatic rings. The predicted octanol–water partition coefficient (Wildman–Crippen LogP) is 2.50. The molecule has 20 heavy (non-hydrogen) atoms. The molecule has 0 radical (unpaired) electrons. The number of carbonyl (C=O) groups excluding carboxylic acids is 1. The summed E-state index contributed by atoms with van der Waals surface area (Å²) in [5.74, 6) is 0.0154. The second kappa shape index (κ2) is 7.99. The Labute approximate surface area is 122 Å². The summed E-state index contributed by atoms with van der Waals surface area (Å²) in [7, 11) is 0. The lowest BCUT2D eigenvalue weighted by atomic mass is 9.82. The average Bonchev–Trinajstić information content (AvgIpc) is 2.73. The first-order valence-electron chi connectivity index (χ1n) is 8.39. The van der Waals surface area contributed by atoms with E-state index in [1.807, 2.05) is 0 Å². The van der Waals surface area contributed by atoms with Gasteiger partial charge in [0.1, 0.15) is 0 Å². The van der Waals surface area contributed by atoms with Crippen LogP contribution in [0.15, 0.2) is 0 Å². The highest BCUT2D eigenvalue weighted by molar-refractivity contribution is 5.86. The van der Waals surface area contributed by atoms with E-state index in [2.05, 4.69) is 5.32 Å². The minimum Gasteiger partial charge on any atom is -0.376 e. The van der Waals surface area contributed by atoms with Crippen LogP contribution in [0.4, 0.5) is 0 Å². The molecule has 0 aliphatic heterocycles.